The first-order chi connectivity index (χ1) is 9.74. The molecule has 1 amide bonds. The Bertz CT molecular complexity index is 538. The second kappa shape index (κ2) is 5.53. The number of likely N-dealkylation sites (tertiary alicyclic amines) is 1. The molecule has 0 saturated carbocycles. The fourth-order valence-corrected chi connectivity index (χ4v) is 2.25. The number of nitrogens with zero attached hydrogens (tertiary/aromatic N) is 1. The van der Waals surface area contributed by atoms with Gasteiger partial charge >= 0.3 is 6.18 Å². The van der Waals surface area contributed by atoms with Crippen LogP contribution in [-0.2, 0) is 6.18 Å². The number of carbonyl (C=O) groups is 1. The van der Waals surface area contributed by atoms with Gasteiger partial charge in [-0.2, -0.15) is 13.2 Å². The van der Waals surface area contributed by atoms with Crippen molar-refractivity contribution in [2.45, 2.75) is 18.4 Å². The zero-order valence-corrected chi connectivity index (χ0v) is 11.2. The lowest BCUT2D eigenvalue weighted by Crippen LogP contribution is -2.30. The van der Waals surface area contributed by atoms with Crippen molar-refractivity contribution in [1.29, 1.82) is 0 Å². The van der Waals surface area contributed by atoms with E-state index in [1.807, 2.05) is 0 Å². The summed E-state index contributed by atoms with van der Waals surface area (Å²) in [4.78, 5) is 13.3. The van der Waals surface area contributed by atoms with Crippen LogP contribution in [0.4, 0.5) is 18.9 Å². The summed E-state index contributed by atoms with van der Waals surface area (Å²) in [5, 5.41) is 21.2. The van der Waals surface area contributed by atoms with Crippen molar-refractivity contribution in [3.63, 3.8) is 0 Å². The molecule has 0 radical (unpaired) electrons. The number of aliphatic hydroxyl groups is 2. The number of hydrogen-bond donors (Lipinski definition) is 3. The lowest BCUT2D eigenvalue weighted by molar-refractivity contribution is -0.137. The summed E-state index contributed by atoms with van der Waals surface area (Å²) in [7, 11) is 1.36. The van der Waals surface area contributed by atoms with E-state index < -0.39 is 29.9 Å². The summed E-state index contributed by atoms with van der Waals surface area (Å²) < 4.78 is 38.8. The maximum atomic E-state index is 12.9. The molecule has 0 aromatic heterocycles. The van der Waals surface area contributed by atoms with E-state index in [1.165, 1.54) is 19.2 Å². The fourth-order valence-electron chi connectivity index (χ4n) is 2.25. The van der Waals surface area contributed by atoms with Gasteiger partial charge in [-0.3, -0.25) is 4.79 Å². The minimum atomic E-state index is -4.58. The Morgan fingerprint density at radius 3 is 2.33 bits per heavy atom. The SMILES string of the molecule is CNc1ccc(C(=O)N2CC(O)C(O)C2)cc1C(F)(F)F. The normalized spacial score (nSPS) is 22.5. The van der Waals surface area contributed by atoms with Crippen molar-refractivity contribution in [2.75, 3.05) is 25.5 Å². The van der Waals surface area contributed by atoms with E-state index >= 15 is 0 Å². The number of rotatable bonds is 2. The Morgan fingerprint density at radius 1 is 1.29 bits per heavy atom. The number of aliphatic hydroxyl groups excluding tert-OH is 2. The van der Waals surface area contributed by atoms with E-state index in [2.05, 4.69) is 5.32 Å². The number of nitrogens with one attached hydrogen (secondary N) is 1. The predicted molar refractivity (Wildman–Crippen MR) is 68.9 cm³/mol. The molecule has 0 bridgehead atoms. The first-order valence-corrected chi connectivity index (χ1v) is 6.28. The molecule has 1 aromatic rings. The Kier molecular flexibility index (Phi) is 4.11. The predicted octanol–water partition coefficient (Wildman–Crippen LogP) is 0.925. The Hall–Kier alpha value is -1.80. The molecule has 1 fully saturated rings. The Morgan fingerprint density at radius 2 is 1.86 bits per heavy atom. The molecule has 1 heterocycles. The third kappa shape index (κ3) is 3.11. The quantitative estimate of drug-likeness (QED) is 0.760. The average molecular weight is 304 g/mol. The van der Waals surface area contributed by atoms with Crippen LogP contribution < -0.4 is 5.32 Å². The first-order valence-electron chi connectivity index (χ1n) is 6.28. The van der Waals surface area contributed by atoms with Gasteiger partial charge in [0.15, 0.2) is 0 Å². The van der Waals surface area contributed by atoms with Gasteiger partial charge < -0.3 is 20.4 Å². The van der Waals surface area contributed by atoms with Gasteiger partial charge in [0.05, 0.1) is 17.8 Å². The molecule has 1 aliphatic heterocycles. The molecule has 2 unspecified atom stereocenters. The van der Waals surface area contributed by atoms with Crippen LogP contribution in [0.2, 0.25) is 0 Å². The van der Waals surface area contributed by atoms with Crippen LogP contribution in [-0.4, -0.2) is 53.4 Å². The minimum absolute atomic E-state index is 0.102. The standard InChI is InChI=1S/C13H15F3N2O3/c1-17-9-3-2-7(4-8(9)13(14,15)16)12(21)18-5-10(19)11(20)6-18/h2-4,10-11,17,19-20H,5-6H2,1H3. The molecular weight excluding hydrogens is 289 g/mol. The smallest absolute Gasteiger partial charge is 0.388 e. The van der Waals surface area contributed by atoms with E-state index in [0.717, 1.165) is 11.0 Å². The van der Waals surface area contributed by atoms with Crippen molar-refractivity contribution >= 4 is 11.6 Å². The third-order valence-electron chi connectivity index (χ3n) is 3.39. The molecule has 1 aromatic carbocycles. The Labute approximate surface area is 119 Å². The summed E-state index contributed by atoms with van der Waals surface area (Å²) in [6.07, 6.45) is -6.74. The number of halogens is 3. The highest BCUT2D eigenvalue weighted by molar-refractivity contribution is 5.95. The zero-order valence-electron chi connectivity index (χ0n) is 11.2. The second-order valence-electron chi connectivity index (χ2n) is 4.85. The molecule has 3 N–H and O–H groups in total. The maximum absolute atomic E-state index is 12.9. The Balaban J connectivity index is 2.31. The van der Waals surface area contributed by atoms with E-state index in [1.54, 1.807) is 0 Å². The highest BCUT2D eigenvalue weighted by atomic mass is 19.4. The minimum Gasteiger partial charge on any atom is -0.388 e. The summed E-state index contributed by atoms with van der Waals surface area (Å²) in [5.74, 6) is -0.654. The molecular formula is C13H15F3N2O3. The zero-order chi connectivity index (χ0) is 15.8. The number of β-amino-alcohol motifs (C(OH)–C–C–N with tert-alkyl or cyclic N) is 2. The van der Waals surface area contributed by atoms with Gasteiger partial charge in [0.2, 0.25) is 0 Å². The summed E-state index contributed by atoms with van der Waals surface area (Å²) >= 11 is 0. The molecule has 116 valence electrons. The number of benzene rings is 1. The highest BCUT2D eigenvalue weighted by Crippen LogP contribution is 2.35. The van der Waals surface area contributed by atoms with E-state index in [4.69, 9.17) is 0 Å². The van der Waals surface area contributed by atoms with Gasteiger partial charge in [0.1, 0.15) is 0 Å². The first kappa shape index (κ1) is 15.6. The van der Waals surface area contributed by atoms with E-state index in [0.29, 0.717) is 0 Å². The highest BCUT2D eigenvalue weighted by Gasteiger charge is 2.36. The van der Waals surface area contributed by atoms with Gasteiger partial charge in [0, 0.05) is 31.4 Å². The summed E-state index contributed by atoms with van der Waals surface area (Å²) in [5.41, 5.74) is -1.20. The van der Waals surface area contributed by atoms with Crippen molar-refractivity contribution in [1.82, 2.24) is 4.90 Å². The maximum Gasteiger partial charge on any atom is 0.418 e. The molecule has 2 rings (SSSR count). The fraction of sp³-hybridized carbons (Fsp3) is 0.462. The topological polar surface area (TPSA) is 72.8 Å². The van der Waals surface area contributed by atoms with Crippen LogP contribution in [0.1, 0.15) is 15.9 Å². The van der Waals surface area contributed by atoms with Crippen LogP contribution in [0.15, 0.2) is 18.2 Å². The van der Waals surface area contributed by atoms with Crippen LogP contribution in [0.3, 0.4) is 0 Å². The van der Waals surface area contributed by atoms with Crippen molar-refractivity contribution in [3.8, 4) is 0 Å². The monoisotopic (exact) mass is 304 g/mol. The van der Waals surface area contributed by atoms with Gasteiger partial charge in [-0.1, -0.05) is 0 Å². The molecule has 8 heteroatoms. The number of amides is 1. The van der Waals surface area contributed by atoms with Gasteiger partial charge in [-0.25, -0.2) is 0 Å². The summed E-state index contributed by atoms with van der Waals surface area (Å²) in [6.45, 7) is -0.204. The van der Waals surface area contributed by atoms with Crippen molar-refractivity contribution < 1.29 is 28.2 Å². The summed E-state index contributed by atoms with van der Waals surface area (Å²) in [6, 6.07) is 3.23. The number of alkyl halides is 3. The van der Waals surface area contributed by atoms with Gasteiger partial charge in [0.25, 0.3) is 5.91 Å². The number of hydrogen-bond acceptors (Lipinski definition) is 4. The third-order valence-corrected chi connectivity index (χ3v) is 3.39. The van der Waals surface area contributed by atoms with Crippen LogP contribution in [0.5, 0.6) is 0 Å². The van der Waals surface area contributed by atoms with Crippen molar-refractivity contribution in [3.05, 3.63) is 29.3 Å². The molecule has 0 aliphatic carbocycles. The molecule has 1 saturated heterocycles. The van der Waals surface area contributed by atoms with Crippen LogP contribution >= 0.6 is 0 Å². The van der Waals surface area contributed by atoms with Crippen LogP contribution in [0, 0.1) is 0 Å². The number of anilines is 1. The van der Waals surface area contributed by atoms with Gasteiger partial charge in [-0.05, 0) is 18.2 Å². The second-order valence-corrected chi connectivity index (χ2v) is 4.85. The van der Waals surface area contributed by atoms with Crippen LogP contribution in [0.25, 0.3) is 0 Å². The molecule has 5 nitrogen and oxygen atoms in total. The largest absolute Gasteiger partial charge is 0.418 e. The lowest BCUT2D eigenvalue weighted by atomic mass is 10.1. The number of carbonyl (C=O) groups excluding carboxylic acids is 1. The molecule has 21 heavy (non-hydrogen) atoms. The molecule has 2 atom stereocenters. The average Bonchev–Trinajstić information content (AvgIpc) is 2.76. The van der Waals surface area contributed by atoms with Gasteiger partial charge in [-0.15, -0.1) is 0 Å². The lowest BCUT2D eigenvalue weighted by Gasteiger charge is -2.18. The van der Waals surface area contributed by atoms with E-state index in [-0.39, 0.29) is 24.3 Å². The molecule has 1 aliphatic rings. The van der Waals surface area contributed by atoms with Crippen molar-refractivity contribution in [2.24, 2.45) is 0 Å². The van der Waals surface area contributed by atoms with E-state index in [9.17, 15) is 28.2 Å². The molecule has 0 spiro atoms.